The first kappa shape index (κ1) is 14.8. The molecule has 5 heterocycles. The molecule has 132 valence electrons. The summed E-state index contributed by atoms with van der Waals surface area (Å²) in [6, 6.07) is 11.6. The van der Waals surface area contributed by atoms with E-state index in [1.165, 1.54) is 60.2 Å². The Morgan fingerprint density at radius 2 is 1.85 bits per heavy atom. The van der Waals surface area contributed by atoms with E-state index in [1.807, 2.05) is 18.6 Å². The fourth-order valence-electron chi connectivity index (χ4n) is 5.75. The van der Waals surface area contributed by atoms with E-state index in [-0.39, 0.29) is 0 Å². The molecule has 3 aromatic rings. The maximum atomic E-state index is 4.53. The Kier molecular flexibility index (Phi) is 3.18. The van der Waals surface area contributed by atoms with Crippen LogP contribution >= 0.6 is 0 Å². The van der Waals surface area contributed by atoms with Crippen molar-refractivity contribution in [3.8, 4) is 11.1 Å². The molecule has 0 unspecified atom stereocenters. The maximum absolute atomic E-state index is 4.53. The lowest BCUT2D eigenvalue weighted by molar-refractivity contribution is -0.0269. The van der Waals surface area contributed by atoms with Crippen LogP contribution in [0.5, 0.6) is 0 Å². The summed E-state index contributed by atoms with van der Waals surface area (Å²) in [6.45, 7) is 3.91. The quantitative estimate of drug-likeness (QED) is 0.755. The van der Waals surface area contributed by atoms with Crippen molar-refractivity contribution in [1.82, 2.24) is 14.9 Å². The number of hydrogen-bond donors (Lipinski definition) is 2. The van der Waals surface area contributed by atoms with Crippen LogP contribution in [0.2, 0.25) is 0 Å². The number of aromatic amines is 1. The highest BCUT2D eigenvalue weighted by Crippen LogP contribution is 2.44. The molecule has 4 bridgehead atoms. The number of fused-ring (bicyclic) bond motifs is 1. The normalized spacial score (nSPS) is 32.2. The van der Waals surface area contributed by atoms with Gasteiger partial charge >= 0.3 is 0 Å². The van der Waals surface area contributed by atoms with Crippen molar-refractivity contribution in [3.63, 3.8) is 0 Å². The molecule has 4 heteroatoms. The number of nitrogens with zero attached hydrogens (tertiary/aromatic N) is 2. The number of H-pyrrole nitrogens is 1. The number of benzene rings is 1. The Balaban J connectivity index is 1.28. The lowest BCUT2D eigenvalue weighted by Crippen LogP contribution is -2.62. The lowest BCUT2D eigenvalue weighted by atomic mass is 9.65. The first-order valence-corrected chi connectivity index (χ1v) is 9.83. The summed E-state index contributed by atoms with van der Waals surface area (Å²) >= 11 is 0. The van der Waals surface area contributed by atoms with E-state index in [4.69, 9.17) is 0 Å². The molecule has 3 saturated heterocycles. The van der Waals surface area contributed by atoms with Crippen LogP contribution in [-0.4, -0.2) is 40.5 Å². The van der Waals surface area contributed by atoms with E-state index in [2.05, 4.69) is 50.5 Å². The molecule has 4 fully saturated rings. The highest BCUT2D eigenvalue weighted by atomic mass is 15.2. The molecular formula is C22H24N4. The molecule has 2 aromatic heterocycles. The zero-order chi connectivity index (χ0) is 17.1. The minimum atomic E-state index is 0.618. The molecule has 4 nitrogen and oxygen atoms in total. The number of pyridine rings is 1. The summed E-state index contributed by atoms with van der Waals surface area (Å²) in [7, 11) is 0. The van der Waals surface area contributed by atoms with Gasteiger partial charge in [-0.2, -0.15) is 0 Å². The summed E-state index contributed by atoms with van der Waals surface area (Å²) in [6.07, 6.45) is 8.77. The Morgan fingerprint density at radius 1 is 0.962 bits per heavy atom. The molecule has 26 heavy (non-hydrogen) atoms. The second kappa shape index (κ2) is 5.58. The van der Waals surface area contributed by atoms with Gasteiger partial charge in [0.05, 0.1) is 5.69 Å². The van der Waals surface area contributed by atoms with Gasteiger partial charge in [0.2, 0.25) is 0 Å². The molecule has 0 amide bonds. The molecule has 1 aliphatic carbocycles. The monoisotopic (exact) mass is 344 g/mol. The van der Waals surface area contributed by atoms with Gasteiger partial charge in [0.25, 0.3) is 0 Å². The molecule has 0 radical (unpaired) electrons. The number of hydrogen-bond acceptors (Lipinski definition) is 3. The van der Waals surface area contributed by atoms with Crippen molar-refractivity contribution in [2.24, 2.45) is 17.8 Å². The molecule has 2 N–H and O–H groups in total. The summed E-state index contributed by atoms with van der Waals surface area (Å²) in [5.41, 5.74) is 4.76. The number of nitrogens with one attached hydrogen (secondary N) is 2. The average molecular weight is 344 g/mol. The second-order valence-electron chi connectivity index (χ2n) is 8.49. The third kappa shape index (κ3) is 2.36. The van der Waals surface area contributed by atoms with Crippen LogP contribution in [0.15, 0.2) is 48.9 Å². The standard InChI is InChI=1S/C22H24N4/c1-2-21-16(3-4-24-21)7-15(1)17-8-20(10-23-9-17)25-22-18-5-14-6-19(22)13-26(11-14)12-18/h1-4,7-10,14,18-19,22,24-25H,5-6,11-13H2/t14?,18-,19-,22?/m0/s1. The van der Waals surface area contributed by atoms with Crippen LogP contribution in [0.1, 0.15) is 12.8 Å². The van der Waals surface area contributed by atoms with Crippen LogP contribution in [-0.2, 0) is 0 Å². The molecule has 1 saturated carbocycles. The average Bonchev–Trinajstić information content (AvgIpc) is 3.12. The Bertz CT molecular complexity index is 931. The predicted molar refractivity (Wildman–Crippen MR) is 105 cm³/mol. The van der Waals surface area contributed by atoms with Gasteiger partial charge in [-0.1, -0.05) is 6.07 Å². The van der Waals surface area contributed by atoms with Crippen molar-refractivity contribution in [3.05, 3.63) is 48.9 Å². The van der Waals surface area contributed by atoms with Crippen LogP contribution in [0.25, 0.3) is 22.0 Å². The fraction of sp³-hybridized carbons (Fsp3) is 0.409. The van der Waals surface area contributed by atoms with E-state index in [1.54, 1.807) is 0 Å². The summed E-state index contributed by atoms with van der Waals surface area (Å²) in [5.74, 6) is 2.56. The number of rotatable bonds is 3. The van der Waals surface area contributed by atoms with Gasteiger partial charge in [0.15, 0.2) is 0 Å². The van der Waals surface area contributed by atoms with Gasteiger partial charge in [-0.15, -0.1) is 0 Å². The zero-order valence-electron chi connectivity index (χ0n) is 14.9. The van der Waals surface area contributed by atoms with Crippen molar-refractivity contribution in [2.75, 3.05) is 25.0 Å². The van der Waals surface area contributed by atoms with Gasteiger partial charge in [-0.3, -0.25) is 4.98 Å². The van der Waals surface area contributed by atoms with Crippen LogP contribution in [0.4, 0.5) is 5.69 Å². The Hall–Kier alpha value is -2.33. The van der Waals surface area contributed by atoms with Crippen molar-refractivity contribution >= 4 is 16.6 Å². The van der Waals surface area contributed by atoms with E-state index in [0.717, 1.165) is 17.8 Å². The van der Waals surface area contributed by atoms with E-state index >= 15 is 0 Å². The van der Waals surface area contributed by atoms with E-state index < -0.39 is 0 Å². The lowest BCUT2D eigenvalue weighted by Gasteiger charge is -2.56. The number of aromatic nitrogens is 2. The van der Waals surface area contributed by atoms with Gasteiger partial charge in [-0.25, -0.2) is 0 Å². The zero-order valence-corrected chi connectivity index (χ0v) is 14.9. The largest absolute Gasteiger partial charge is 0.380 e. The SMILES string of the molecule is c1cc2cc(-c3cncc(NC4[C@H]5CC6C[C@H]4CN(C6)C5)c3)ccc2[nH]1. The highest BCUT2D eigenvalue weighted by molar-refractivity contribution is 5.85. The van der Waals surface area contributed by atoms with Gasteiger partial charge < -0.3 is 15.2 Å². The summed E-state index contributed by atoms with van der Waals surface area (Å²) in [5, 5.41) is 5.12. The Morgan fingerprint density at radius 3 is 2.69 bits per heavy atom. The molecule has 7 rings (SSSR count). The molecule has 0 spiro atoms. The number of piperidine rings is 3. The molecular weight excluding hydrogens is 320 g/mol. The van der Waals surface area contributed by atoms with Crippen molar-refractivity contribution in [2.45, 2.75) is 18.9 Å². The molecule has 3 aliphatic heterocycles. The van der Waals surface area contributed by atoms with Crippen molar-refractivity contribution in [1.29, 1.82) is 0 Å². The topological polar surface area (TPSA) is 44.0 Å². The summed E-state index contributed by atoms with van der Waals surface area (Å²) < 4.78 is 0. The third-order valence-corrected chi connectivity index (χ3v) is 6.75. The molecule has 2 atom stereocenters. The van der Waals surface area contributed by atoms with Crippen LogP contribution in [0.3, 0.4) is 0 Å². The number of anilines is 1. The molecule has 4 aliphatic rings. The van der Waals surface area contributed by atoms with E-state index in [0.29, 0.717) is 6.04 Å². The van der Waals surface area contributed by atoms with Gasteiger partial charge in [-0.05, 0) is 65.8 Å². The highest BCUT2D eigenvalue weighted by Gasteiger charge is 2.47. The summed E-state index contributed by atoms with van der Waals surface area (Å²) in [4.78, 5) is 10.5. The first-order chi connectivity index (χ1) is 12.8. The molecule has 1 aromatic carbocycles. The Labute approximate surface area is 153 Å². The van der Waals surface area contributed by atoms with Crippen LogP contribution < -0.4 is 5.32 Å². The second-order valence-corrected chi connectivity index (χ2v) is 8.49. The van der Waals surface area contributed by atoms with Gasteiger partial charge in [0, 0.05) is 55.3 Å². The van der Waals surface area contributed by atoms with Crippen molar-refractivity contribution < 1.29 is 0 Å². The minimum absolute atomic E-state index is 0.618. The van der Waals surface area contributed by atoms with Crippen LogP contribution in [0, 0.1) is 17.8 Å². The fourth-order valence-corrected chi connectivity index (χ4v) is 5.75. The maximum Gasteiger partial charge on any atom is 0.0535 e. The first-order valence-electron chi connectivity index (χ1n) is 9.83. The minimum Gasteiger partial charge on any atom is -0.380 e. The smallest absolute Gasteiger partial charge is 0.0535 e. The van der Waals surface area contributed by atoms with Gasteiger partial charge in [0.1, 0.15) is 0 Å². The third-order valence-electron chi connectivity index (χ3n) is 6.75. The predicted octanol–water partition coefficient (Wildman–Crippen LogP) is 3.98. The van der Waals surface area contributed by atoms with E-state index in [9.17, 15) is 0 Å².